The molecule has 8 heteroatoms. The molecule has 2 aromatic carbocycles. The summed E-state index contributed by atoms with van der Waals surface area (Å²) in [5.74, 6) is -1.64. The van der Waals surface area contributed by atoms with Crippen LogP contribution in [-0.4, -0.2) is 14.3 Å². The van der Waals surface area contributed by atoms with Crippen LogP contribution in [0.5, 0.6) is 0 Å². The van der Waals surface area contributed by atoms with Gasteiger partial charge in [-0.3, -0.25) is 9.52 Å². The average molecular weight is 401 g/mol. The molecule has 2 aromatic rings. The maximum absolute atomic E-state index is 14.2. The quantitative estimate of drug-likeness (QED) is 0.825. The topological polar surface area (TPSA) is 89.3 Å². The third-order valence-corrected chi connectivity index (χ3v) is 5.50. The number of anilines is 1. The van der Waals surface area contributed by atoms with Crippen LogP contribution >= 0.6 is 15.9 Å². The number of sulfonamides is 1. The van der Waals surface area contributed by atoms with Gasteiger partial charge in [0.25, 0.3) is 15.9 Å². The van der Waals surface area contributed by atoms with E-state index >= 15 is 0 Å². The lowest BCUT2D eigenvalue weighted by Crippen LogP contribution is -2.20. The number of aryl methyl sites for hydroxylation is 1. The Balaban J connectivity index is 2.52. The van der Waals surface area contributed by atoms with E-state index in [1.54, 1.807) is 13.0 Å². The van der Waals surface area contributed by atoms with E-state index in [1.165, 1.54) is 25.1 Å². The molecule has 0 atom stereocenters. The highest BCUT2D eigenvalue weighted by Gasteiger charge is 2.23. The number of halogens is 2. The summed E-state index contributed by atoms with van der Waals surface area (Å²) in [6, 6.07) is 7.08. The predicted molar refractivity (Wildman–Crippen MR) is 89.3 cm³/mol. The van der Waals surface area contributed by atoms with Gasteiger partial charge in [-0.05, 0) is 38.1 Å². The van der Waals surface area contributed by atoms with Gasteiger partial charge in [-0.25, -0.2) is 12.8 Å². The molecule has 0 aliphatic carbocycles. The van der Waals surface area contributed by atoms with Gasteiger partial charge < -0.3 is 5.73 Å². The van der Waals surface area contributed by atoms with Crippen molar-refractivity contribution in [3.05, 3.63) is 57.3 Å². The van der Waals surface area contributed by atoms with Gasteiger partial charge in [-0.15, -0.1) is 0 Å². The van der Waals surface area contributed by atoms with E-state index < -0.39 is 26.6 Å². The summed E-state index contributed by atoms with van der Waals surface area (Å²) in [6.07, 6.45) is 0. The minimum atomic E-state index is -4.21. The zero-order valence-corrected chi connectivity index (χ0v) is 14.8. The normalized spacial score (nSPS) is 11.3. The van der Waals surface area contributed by atoms with E-state index in [-0.39, 0.29) is 16.8 Å². The zero-order chi connectivity index (χ0) is 17.4. The molecule has 0 aliphatic heterocycles. The summed E-state index contributed by atoms with van der Waals surface area (Å²) >= 11 is 3.14. The summed E-state index contributed by atoms with van der Waals surface area (Å²) in [6.45, 7) is 3.20. The Labute approximate surface area is 141 Å². The SMILES string of the molecule is Cc1ccc(NS(=O)(=O)c2ccc(Br)c(C)c2F)c(C(N)=O)c1. The fourth-order valence-electron chi connectivity index (χ4n) is 1.99. The van der Waals surface area contributed by atoms with Crippen molar-refractivity contribution in [1.82, 2.24) is 0 Å². The summed E-state index contributed by atoms with van der Waals surface area (Å²) in [4.78, 5) is 11.0. The van der Waals surface area contributed by atoms with Crippen LogP contribution in [-0.2, 0) is 10.0 Å². The van der Waals surface area contributed by atoms with E-state index in [0.29, 0.717) is 4.47 Å². The molecule has 0 aromatic heterocycles. The number of hydrogen-bond acceptors (Lipinski definition) is 3. The van der Waals surface area contributed by atoms with Crippen LogP contribution in [0, 0.1) is 19.7 Å². The molecule has 23 heavy (non-hydrogen) atoms. The molecule has 0 heterocycles. The summed E-state index contributed by atoms with van der Waals surface area (Å²) in [7, 11) is -4.21. The first-order valence-corrected chi connectivity index (χ1v) is 8.79. The van der Waals surface area contributed by atoms with Crippen molar-refractivity contribution in [2.75, 3.05) is 4.72 Å². The van der Waals surface area contributed by atoms with Crippen LogP contribution in [0.1, 0.15) is 21.5 Å². The standard InChI is InChI=1S/C15H14BrFN2O3S/c1-8-3-5-12(10(7-8)15(18)20)19-23(21,22)13-6-4-11(16)9(2)14(13)17/h3-7,19H,1-2H3,(H2,18,20). The highest BCUT2D eigenvalue weighted by Crippen LogP contribution is 2.27. The molecule has 0 aliphatic rings. The summed E-state index contributed by atoms with van der Waals surface area (Å²) in [5.41, 5.74) is 6.20. The van der Waals surface area contributed by atoms with Crippen LogP contribution in [0.25, 0.3) is 0 Å². The van der Waals surface area contributed by atoms with E-state index in [9.17, 15) is 17.6 Å². The third kappa shape index (κ3) is 3.53. The van der Waals surface area contributed by atoms with E-state index in [2.05, 4.69) is 20.7 Å². The van der Waals surface area contributed by atoms with Crippen LogP contribution in [0.4, 0.5) is 10.1 Å². The Morgan fingerprint density at radius 1 is 1.22 bits per heavy atom. The Bertz CT molecular complexity index is 898. The second-order valence-electron chi connectivity index (χ2n) is 5.00. The molecule has 0 saturated heterocycles. The number of hydrogen-bond donors (Lipinski definition) is 2. The van der Waals surface area contributed by atoms with Gasteiger partial charge in [0.2, 0.25) is 0 Å². The van der Waals surface area contributed by atoms with Gasteiger partial charge in [0.1, 0.15) is 10.7 Å². The second kappa shape index (κ2) is 6.29. The van der Waals surface area contributed by atoms with E-state index in [1.807, 2.05) is 0 Å². The Morgan fingerprint density at radius 2 is 1.87 bits per heavy atom. The predicted octanol–water partition coefficient (Wildman–Crippen LogP) is 3.10. The maximum atomic E-state index is 14.2. The largest absolute Gasteiger partial charge is 0.366 e. The summed E-state index contributed by atoms with van der Waals surface area (Å²) in [5, 5.41) is 0. The molecule has 0 spiro atoms. The molecular formula is C15H14BrFN2O3S. The molecule has 0 bridgehead atoms. The number of primary amides is 1. The van der Waals surface area contributed by atoms with Crippen LogP contribution < -0.4 is 10.5 Å². The van der Waals surface area contributed by atoms with Crippen molar-refractivity contribution >= 4 is 37.5 Å². The lowest BCUT2D eigenvalue weighted by Gasteiger charge is -2.13. The van der Waals surface area contributed by atoms with Crippen molar-refractivity contribution in [1.29, 1.82) is 0 Å². The van der Waals surface area contributed by atoms with E-state index in [0.717, 1.165) is 11.6 Å². The van der Waals surface area contributed by atoms with Gasteiger partial charge in [0.05, 0.1) is 11.3 Å². The average Bonchev–Trinajstić information content (AvgIpc) is 2.46. The second-order valence-corrected chi connectivity index (χ2v) is 7.51. The van der Waals surface area contributed by atoms with Crippen molar-refractivity contribution in [3.63, 3.8) is 0 Å². The van der Waals surface area contributed by atoms with Crippen LogP contribution in [0.2, 0.25) is 0 Å². The van der Waals surface area contributed by atoms with Gasteiger partial charge in [0, 0.05) is 10.0 Å². The van der Waals surface area contributed by atoms with Crippen molar-refractivity contribution < 1.29 is 17.6 Å². The third-order valence-electron chi connectivity index (χ3n) is 3.26. The number of carbonyl (C=O) groups is 1. The molecule has 0 unspecified atom stereocenters. The van der Waals surface area contributed by atoms with E-state index in [4.69, 9.17) is 5.73 Å². The van der Waals surface area contributed by atoms with Crippen LogP contribution in [0.3, 0.4) is 0 Å². The van der Waals surface area contributed by atoms with Gasteiger partial charge in [0.15, 0.2) is 0 Å². The number of nitrogens with two attached hydrogens (primary N) is 1. The molecule has 0 fully saturated rings. The minimum absolute atomic E-state index is 0.00284. The summed E-state index contributed by atoms with van der Waals surface area (Å²) < 4.78 is 41.8. The molecule has 5 nitrogen and oxygen atoms in total. The number of benzene rings is 2. The maximum Gasteiger partial charge on any atom is 0.264 e. The first kappa shape index (κ1) is 17.4. The Hall–Kier alpha value is -1.93. The van der Waals surface area contributed by atoms with Crippen molar-refractivity contribution in [2.24, 2.45) is 5.73 Å². The Morgan fingerprint density at radius 3 is 2.48 bits per heavy atom. The molecular weight excluding hydrogens is 387 g/mol. The van der Waals surface area contributed by atoms with Crippen molar-refractivity contribution in [3.8, 4) is 0 Å². The molecule has 3 N–H and O–H groups in total. The lowest BCUT2D eigenvalue weighted by molar-refractivity contribution is 0.100. The monoisotopic (exact) mass is 400 g/mol. The number of rotatable bonds is 4. The fourth-order valence-corrected chi connectivity index (χ4v) is 3.51. The molecule has 0 saturated carbocycles. The lowest BCUT2D eigenvalue weighted by atomic mass is 10.1. The highest BCUT2D eigenvalue weighted by molar-refractivity contribution is 9.10. The van der Waals surface area contributed by atoms with Gasteiger partial charge >= 0.3 is 0 Å². The first-order valence-electron chi connectivity index (χ1n) is 6.51. The highest BCUT2D eigenvalue weighted by atomic mass is 79.9. The van der Waals surface area contributed by atoms with Gasteiger partial charge in [-0.2, -0.15) is 0 Å². The molecule has 122 valence electrons. The first-order chi connectivity index (χ1) is 10.6. The van der Waals surface area contributed by atoms with Crippen molar-refractivity contribution in [2.45, 2.75) is 18.7 Å². The number of carbonyl (C=O) groups excluding carboxylic acids is 1. The molecule has 1 amide bonds. The zero-order valence-electron chi connectivity index (χ0n) is 12.4. The Kier molecular flexibility index (Phi) is 4.76. The fraction of sp³-hybridized carbons (Fsp3) is 0.133. The molecule has 2 rings (SSSR count). The number of nitrogens with one attached hydrogen (secondary N) is 1. The number of amides is 1. The minimum Gasteiger partial charge on any atom is -0.366 e. The molecule has 0 radical (unpaired) electrons. The smallest absolute Gasteiger partial charge is 0.264 e. The van der Waals surface area contributed by atoms with Crippen LogP contribution in [0.15, 0.2) is 39.7 Å². The van der Waals surface area contributed by atoms with Gasteiger partial charge in [-0.1, -0.05) is 27.6 Å².